The summed E-state index contributed by atoms with van der Waals surface area (Å²) in [4.78, 5) is 1.02. The molecular formula is C14H10BrCl2N3S. The molecule has 108 valence electrons. The van der Waals surface area contributed by atoms with Crippen LogP contribution in [0.15, 0.2) is 34.1 Å². The molecule has 7 heteroatoms. The largest absolute Gasteiger partial charge is 0.383 e. The summed E-state index contributed by atoms with van der Waals surface area (Å²) >= 11 is 17.4. The van der Waals surface area contributed by atoms with E-state index in [1.54, 1.807) is 28.2 Å². The van der Waals surface area contributed by atoms with E-state index in [0.29, 0.717) is 15.9 Å². The summed E-state index contributed by atoms with van der Waals surface area (Å²) in [5.74, 6) is 0.564. The van der Waals surface area contributed by atoms with Crippen LogP contribution in [-0.2, 0) is 7.05 Å². The van der Waals surface area contributed by atoms with Crippen LogP contribution in [-0.4, -0.2) is 9.78 Å². The Balaban J connectivity index is 2.30. The van der Waals surface area contributed by atoms with Gasteiger partial charge in [0, 0.05) is 22.1 Å². The van der Waals surface area contributed by atoms with Crippen LogP contribution >= 0.6 is 50.5 Å². The highest BCUT2D eigenvalue weighted by molar-refractivity contribution is 9.10. The fraction of sp³-hybridized carbons (Fsp3) is 0.0714. The molecule has 2 N–H and O–H groups in total. The van der Waals surface area contributed by atoms with Crippen molar-refractivity contribution in [2.75, 3.05) is 5.73 Å². The molecule has 3 nitrogen and oxygen atoms in total. The molecule has 0 atom stereocenters. The van der Waals surface area contributed by atoms with Crippen molar-refractivity contribution >= 4 is 56.3 Å². The Morgan fingerprint density at radius 1 is 1.29 bits per heavy atom. The first kappa shape index (κ1) is 14.9. The van der Waals surface area contributed by atoms with Gasteiger partial charge in [0.15, 0.2) is 0 Å². The van der Waals surface area contributed by atoms with Crippen LogP contribution in [0.1, 0.15) is 0 Å². The van der Waals surface area contributed by atoms with Crippen LogP contribution in [0.3, 0.4) is 0 Å². The minimum Gasteiger partial charge on any atom is -0.383 e. The van der Waals surface area contributed by atoms with E-state index < -0.39 is 0 Å². The Morgan fingerprint density at radius 2 is 2.05 bits per heavy atom. The minimum absolute atomic E-state index is 0.552. The molecule has 0 aliphatic heterocycles. The van der Waals surface area contributed by atoms with Gasteiger partial charge in [-0.2, -0.15) is 5.10 Å². The molecule has 0 bridgehead atoms. The van der Waals surface area contributed by atoms with E-state index in [9.17, 15) is 0 Å². The molecule has 0 saturated carbocycles. The molecule has 0 fully saturated rings. The summed E-state index contributed by atoms with van der Waals surface area (Å²) in [6.45, 7) is 0. The van der Waals surface area contributed by atoms with E-state index in [0.717, 1.165) is 26.2 Å². The fourth-order valence-corrected chi connectivity index (χ4v) is 4.17. The average molecular weight is 403 g/mol. The van der Waals surface area contributed by atoms with Gasteiger partial charge < -0.3 is 5.73 Å². The van der Waals surface area contributed by atoms with Gasteiger partial charge in [-0.1, -0.05) is 29.3 Å². The quantitative estimate of drug-likeness (QED) is 0.617. The molecule has 0 saturated heterocycles. The first-order valence-corrected chi connectivity index (χ1v) is 8.43. The number of thiophene rings is 1. The number of aromatic nitrogens is 2. The third kappa shape index (κ3) is 2.59. The highest BCUT2D eigenvalue weighted by Gasteiger charge is 2.21. The lowest BCUT2D eigenvalue weighted by Gasteiger charge is -2.06. The average Bonchev–Trinajstić information content (AvgIpc) is 2.96. The number of nitrogen functional groups attached to an aromatic ring is 1. The van der Waals surface area contributed by atoms with Gasteiger partial charge in [0.2, 0.25) is 0 Å². The number of aryl methyl sites for hydroxylation is 1. The van der Waals surface area contributed by atoms with Crippen LogP contribution in [0.25, 0.3) is 21.7 Å². The van der Waals surface area contributed by atoms with Gasteiger partial charge >= 0.3 is 0 Å². The third-order valence-electron chi connectivity index (χ3n) is 3.12. The molecule has 2 aromatic heterocycles. The molecule has 0 unspecified atom stereocenters. The third-order valence-corrected chi connectivity index (χ3v) is 5.52. The highest BCUT2D eigenvalue weighted by Crippen LogP contribution is 2.43. The molecule has 3 rings (SSSR count). The zero-order valence-corrected chi connectivity index (χ0v) is 14.8. The Morgan fingerprint density at radius 3 is 2.67 bits per heavy atom. The van der Waals surface area contributed by atoms with Crippen molar-refractivity contribution in [1.29, 1.82) is 0 Å². The summed E-state index contributed by atoms with van der Waals surface area (Å²) < 4.78 is 2.64. The second-order valence-corrected chi connectivity index (χ2v) is 7.07. The van der Waals surface area contributed by atoms with Gasteiger partial charge in [-0.3, -0.25) is 4.68 Å². The fourth-order valence-electron chi connectivity index (χ4n) is 2.12. The van der Waals surface area contributed by atoms with Gasteiger partial charge in [0.1, 0.15) is 11.5 Å². The monoisotopic (exact) mass is 401 g/mol. The first-order valence-electron chi connectivity index (χ1n) is 6.00. The van der Waals surface area contributed by atoms with E-state index in [2.05, 4.69) is 21.0 Å². The zero-order valence-electron chi connectivity index (χ0n) is 10.9. The van der Waals surface area contributed by atoms with Crippen molar-refractivity contribution in [1.82, 2.24) is 9.78 Å². The van der Waals surface area contributed by atoms with E-state index in [-0.39, 0.29) is 0 Å². The molecule has 0 radical (unpaired) electrons. The number of nitrogens with two attached hydrogens (primary N) is 1. The molecule has 0 spiro atoms. The predicted octanol–water partition coefficient (Wildman–Crippen LogP) is 5.47. The van der Waals surface area contributed by atoms with Crippen LogP contribution in [0.4, 0.5) is 5.82 Å². The number of anilines is 1. The lowest BCUT2D eigenvalue weighted by Crippen LogP contribution is -1.98. The maximum atomic E-state index is 6.33. The summed E-state index contributed by atoms with van der Waals surface area (Å²) in [5.41, 5.74) is 8.65. The van der Waals surface area contributed by atoms with Crippen molar-refractivity contribution in [3.8, 4) is 21.7 Å². The van der Waals surface area contributed by atoms with Crippen LogP contribution in [0.2, 0.25) is 10.0 Å². The van der Waals surface area contributed by atoms with Gasteiger partial charge in [0.25, 0.3) is 0 Å². The molecule has 2 heterocycles. The number of halogens is 3. The molecule has 21 heavy (non-hydrogen) atoms. The molecular weight excluding hydrogens is 393 g/mol. The molecule has 1 aromatic carbocycles. The van der Waals surface area contributed by atoms with E-state index in [1.807, 2.05) is 24.6 Å². The maximum absolute atomic E-state index is 6.33. The van der Waals surface area contributed by atoms with Crippen LogP contribution < -0.4 is 5.73 Å². The summed E-state index contributed by atoms with van der Waals surface area (Å²) in [6, 6.07) is 7.35. The molecule has 0 amide bonds. The maximum Gasteiger partial charge on any atom is 0.130 e. The summed E-state index contributed by atoms with van der Waals surface area (Å²) in [6.07, 6.45) is 0. The van der Waals surface area contributed by atoms with Crippen molar-refractivity contribution < 1.29 is 0 Å². The number of hydrogen-bond acceptors (Lipinski definition) is 3. The smallest absolute Gasteiger partial charge is 0.130 e. The zero-order chi connectivity index (χ0) is 15.1. The van der Waals surface area contributed by atoms with Crippen LogP contribution in [0.5, 0.6) is 0 Å². The normalized spacial score (nSPS) is 11.0. The van der Waals surface area contributed by atoms with Crippen molar-refractivity contribution in [2.24, 2.45) is 7.05 Å². The topological polar surface area (TPSA) is 43.8 Å². The SMILES string of the molecule is Cn1nc(-c2sccc2Br)c(-c2ccc(Cl)cc2Cl)c1N. The number of rotatable bonds is 2. The lowest BCUT2D eigenvalue weighted by atomic mass is 10.0. The van der Waals surface area contributed by atoms with E-state index in [4.69, 9.17) is 28.9 Å². The Kier molecular flexibility index (Phi) is 4.01. The van der Waals surface area contributed by atoms with Crippen LogP contribution in [0, 0.1) is 0 Å². The van der Waals surface area contributed by atoms with Gasteiger partial charge in [-0.05, 0) is 39.5 Å². The second kappa shape index (κ2) is 5.65. The van der Waals surface area contributed by atoms with Crippen molar-refractivity contribution in [3.05, 3.63) is 44.2 Å². The molecule has 3 aromatic rings. The first-order chi connectivity index (χ1) is 9.99. The Bertz CT molecular complexity index is 826. The van der Waals surface area contributed by atoms with Crippen molar-refractivity contribution in [2.45, 2.75) is 0 Å². The van der Waals surface area contributed by atoms with Gasteiger partial charge in [0.05, 0.1) is 15.5 Å². The van der Waals surface area contributed by atoms with Gasteiger partial charge in [-0.15, -0.1) is 11.3 Å². The van der Waals surface area contributed by atoms with Gasteiger partial charge in [-0.25, -0.2) is 0 Å². The summed E-state index contributed by atoms with van der Waals surface area (Å²) in [7, 11) is 1.81. The molecule has 0 aliphatic carbocycles. The number of benzene rings is 1. The highest BCUT2D eigenvalue weighted by atomic mass is 79.9. The second-order valence-electron chi connectivity index (χ2n) is 4.45. The summed E-state index contributed by atoms with van der Waals surface area (Å²) in [5, 5.41) is 7.67. The number of hydrogen-bond donors (Lipinski definition) is 1. The standard InChI is InChI=1S/C14H10BrCl2N3S/c1-20-14(18)11(8-3-2-7(16)6-10(8)17)12(19-20)13-9(15)4-5-21-13/h2-6H,18H2,1H3. The minimum atomic E-state index is 0.552. The Hall–Kier alpha value is -1.01. The predicted molar refractivity (Wildman–Crippen MR) is 94.1 cm³/mol. The Labute approximate surface area is 144 Å². The molecule has 0 aliphatic rings. The van der Waals surface area contributed by atoms with Crippen molar-refractivity contribution in [3.63, 3.8) is 0 Å². The number of nitrogens with zero attached hydrogens (tertiary/aromatic N) is 2. The lowest BCUT2D eigenvalue weighted by molar-refractivity contribution is 0.783. The van der Waals surface area contributed by atoms with E-state index in [1.165, 1.54) is 0 Å². The van der Waals surface area contributed by atoms with E-state index >= 15 is 0 Å².